The Balaban J connectivity index is 2.64. The van der Waals surface area contributed by atoms with E-state index in [9.17, 15) is 9.59 Å². The first-order valence-corrected chi connectivity index (χ1v) is 7.22. The fraction of sp³-hybridized carbons (Fsp3) is 0.857. The molecule has 0 unspecified atom stereocenters. The Kier molecular flexibility index (Phi) is 6.78. The topological polar surface area (TPSA) is 70.1 Å². The molecule has 0 spiro atoms. The van der Waals surface area contributed by atoms with E-state index in [4.69, 9.17) is 9.84 Å². The highest BCUT2D eigenvalue weighted by Gasteiger charge is 2.35. The van der Waals surface area contributed by atoms with Gasteiger partial charge in [0.1, 0.15) is 6.54 Å². The number of amides is 2. The molecular weight excluding hydrogens is 260 g/mol. The minimum Gasteiger partial charge on any atom is -0.480 e. The summed E-state index contributed by atoms with van der Waals surface area (Å²) < 4.78 is 4.95. The number of rotatable bonds is 9. The Morgan fingerprint density at radius 2 is 1.95 bits per heavy atom. The van der Waals surface area contributed by atoms with Crippen LogP contribution in [0, 0.1) is 5.92 Å². The van der Waals surface area contributed by atoms with Crippen molar-refractivity contribution in [1.82, 2.24) is 9.80 Å². The molecule has 0 heterocycles. The summed E-state index contributed by atoms with van der Waals surface area (Å²) in [5.74, 6) is -0.468. The number of ether oxygens (including phenoxy) is 1. The summed E-state index contributed by atoms with van der Waals surface area (Å²) in [6, 6.07) is 0.118. The highest BCUT2D eigenvalue weighted by atomic mass is 16.5. The van der Waals surface area contributed by atoms with Gasteiger partial charge in [0, 0.05) is 26.2 Å². The summed E-state index contributed by atoms with van der Waals surface area (Å²) in [4.78, 5) is 26.6. The van der Waals surface area contributed by atoms with Crippen LogP contribution >= 0.6 is 0 Å². The number of carbonyl (C=O) groups excluding carboxylic acids is 1. The van der Waals surface area contributed by atoms with E-state index in [1.54, 1.807) is 7.11 Å². The second-order valence-corrected chi connectivity index (χ2v) is 5.70. The monoisotopic (exact) mass is 286 g/mol. The zero-order valence-electron chi connectivity index (χ0n) is 12.7. The summed E-state index contributed by atoms with van der Waals surface area (Å²) in [6.07, 6.45) is 2.98. The van der Waals surface area contributed by atoms with Gasteiger partial charge in [-0.2, -0.15) is 0 Å². The van der Waals surface area contributed by atoms with Crippen LogP contribution in [0.25, 0.3) is 0 Å². The van der Waals surface area contributed by atoms with Crippen molar-refractivity contribution >= 4 is 12.0 Å². The summed E-state index contributed by atoms with van der Waals surface area (Å²) in [7, 11) is 1.54. The van der Waals surface area contributed by atoms with Crippen LogP contribution in [0.1, 0.15) is 33.1 Å². The van der Waals surface area contributed by atoms with E-state index in [0.717, 1.165) is 19.3 Å². The van der Waals surface area contributed by atoms with Gasteiger partial charge in [0.2, 0.25) is 0 Å². The van der Waals surface area contributed by atoms with Crippen LogP contribution in [0.4, 0.5) is 4.79 Å². The Morgan fingerprint density at radius 3 is 2.40 bits per heavy atom. The number of carboxylic acids is 1. The second-order valence-electron chi connectivity index (χ2n) is 5.70. The van der Waals surface area contributed by atoms with Crippen molar-refractivity contribution in [3.63, 3.8) is 0 Å². The minimum atomic E-state index is -0.992. The van der Waals surface area contributed by atoms with Crippen LogP contribution < -0.4 is 0 Å². The van der Waals surface area contributed by atoms with E-state index in [1.807, 2.05) is 4.90 Å². The van der Waals surface area contributed by atoms with E-state index in [-0.39, 0.29) is 12.6 Å². The fourth-order valence-electron chi connectivity index (χ4n) is 2.01. The first-order chi connectivity index (χ1) is 9.45. The lowest BCUT2D eigenvalue weighted by molar-refractivity contribution is -0.137. The standard InChI is InChI=1S/C14H26N2O4/c1-11(2)6-7-16(12-4-5-12)14(19)15(8-9-20-3)10-13(17)18/h11-12H,4-10H2,1-3H3,(H,17,18). The largest absolute Gasteiger partial charge is 0.480 e. The Hall–Kier alpha value is -1.30. The molecule has 0 aromatic carbocycles. The van der Waals surface area contributed by atoms with Crippen LogP contribution in [0.15, 0.2) is 0 Å². The molecule has 0 saturated heterocycles. The molecule has 20 heavy (non-hydrogen) atoms. The summed E-state index contributed by atoms with van der Waals surface area (Å²) in [5, 5.41) is 8.93. The number of hydrogen-bond acceptors (Lipinski definition) is 3. The second kappa shape index (κ2) is 8.09. The maximum absolute atomic E-state index is 12.5. The Bertz CT molecular complexity index is 329. The maximum Gasteiger partial charge on any atom is 0.323 e. The predicted octanol–water partition coefficient (Wildman–Crippen LogP) is 1.65. The van der Waals surface area contributed by atoms with Crippen molar-refractivity contribution in [3.05, 3.63) is 0 Å². The molecule has 1 fully saturated rings. The zero-order valence-corrected chi connectivity index (χ0v) is 12.7. The molecule has 0 bridgehead atoms. The lowest BCUT2D eigenvalue weighted by atomic mass is 10.1. The van der Waals surface area contributed by atoms with E-state index in [0.29, 0.717) is 31.7 Å². The molecule has 0 aromatic heterocycles. The highest BCUT2D eigenvalue weighted by Crippen LogP contribution is 2.28. The number of carboxylic acid groups (broad SMARTS) is 1. The molecule has 1 N–H and O–H groups in total. The Labute approximate surface area is 120 Å². The average molecular weight is 286 g/mol. The van der Waals surface area contributed by atoms with E-state index in [2.05, 4.69) is 13.8 Å². The number of methoxy groups -OCH3 is 1. The first kappa shape index (κ1) is 16.8. The van der Waals surface area contributed by atoms with Crippen LogP contribution in [0.3, 0.4) is 0 Å². The van der Waals surface area contributed by atoms with Gasteiger partial charge in [-0.25, -0.2) is 4.79 Å². The number of urea groups is 1. The molecule has 0 aliphatic heterocycles. The summed E-state index contributed by atoms with van der Waals surface area (Å²) >= 11 is 0. The van der Waals surface area contributed by atoms with Crippen molar-refractivity contribution in [2.24, 2.45) is 5.92 Å². The first-order valence-electron chi connectivity index (χ1n) is 7.22. The highest BCUT2D eigenvalue weighted by molar-refractivity contribution is 5.80. The van der Waals surface area contributed by atoms with Gasteiger partial charge < -0.3 is 19.6 Å². The molecule has 0 atom stereocenters. The van der Waals surface area contributed by atoms with Crippen LogP contribution in [0.2, 0.25) is 0 Å². The van der Waals surface area contributed by atoms with Gasteiger partial charge in [0.15, 0.2) is 0 Å². The third kappa shape index (κ3) is 5.77. The molecule has 6 heteroatoms. The maximum atomic E-state index is 12.5. The van der Waals surface area contributed by atoms with Gasteiger partial charge in [0.05, 0.1) is 6.61 Å². The minimum absolute atomic E-state index is 0.174. The molecule has 1 aliphatic carbocycles. The molecule has 1 saturated carbocycles. The van der Waals surface area contributed by atoms with Crippen molar-refractivity contribution < 1.29 is 19.4 Å². The fourth-order valence-corrected chi connectivity index (χ4v) is 2.01. The third-order valence-corrected chi connectivity index (χ3v) is 3.34. The normalized spacial score (nSPS) is 14.4. The lowest BCUT2D eigenvalue weighted by Gasteiger charge is -2.30. The van der Waals surface area contributed by atoms with Gasteiger partial charge in [-0.3, -0.25) is 4.79 Å². The van der Waals surface area contributed by atoms with Gasteiger partial charge >= 0.3 is 12.0 Å². The molecule has 6 nitrogen and oxygen atoms in total. The molecule has 116 valence electrons. The number of nitrogens with zero attached hydrogens (tertiary/aromatic N) is 2. The van der Waals surface area contributed by atoms with Gasteiger partial charge in [-0.1, -0.05) is 13.8 Å². The number of carbonyl (C=O) groups is 2. The van der Waals surface area contributed by atoms with Gasteiger partial charge in [0.25, 0.3) is 0 Å². The van der Waals surface area contributed by atoms with Crippen LogP contribution in [0.5, 0.6) is 0 Å². The van der Waals surface area contributed by atoms with Crippen molar-refractivity contribution in [2.75, 3.05) is 33.4 Å². The van der Waals surface area contributed by atoms with E-state index >= 15 is 0 Å². The van der Waals surface area contributed by atoms with Gasteiger partial charge in [-0.05, 0) is 25.2 Å². The molecule has 2 amide bonds. The van der Waals surface area contributed by atoms with Crippen LogP contribution in [-0.2, 0) is 9.53 Å². The summed E-state index contributed by atoms with van der Waals surface area (Å²) in [5.41, 5.74) is 0. The van der Waals surface area contributed by atoms with Crippen molar-refractivity contribution in [1.29, 1.82) is 0 Å². The van der Waals surface area contributed by atoms with Gasteiger partial charge in [-0.15, -0.1) is 0 Å². The van der Waals surface area contributed by atoms with E-state index in [1.165, 1.54) is 4.90 Å². The Morgan fingerprint density at radius 1 is 1.30 bits per heavy atom. The molecule has 0 radical (unpaired) electrons. The van der Waals surface area contributed by atoms with E-state index < -0.39 is 5.97 Å². The molecular formula is C14H26N2O4. The molecule has 0 aromatic rings. The third-order valence-electron chi connectivity index (χ3n) is 3.34. The molecule has 1 aliphatic rings. The predicted molar refractivity (Wildman–Crippen MR) is 75.7 cm³/mol. The lowest BCUT2D eigenvalue weighted by Crippen LogP contribution is -2.48. The zero-order chi connectivity index (χ0) is 15.1. The van der Waals surface area contributed by atoms with Crippen LogP contribution in [-0.4, -0.2) is 66.3 Å². The van der Waals surface area contributed by atoms with Crippen molar-refractivity contribution in [2.45, 2.75) is 39.2 Å². The smallest absolute Gasteiger partial charge is 0.323 e. The SMILES string of the molecule is COCCN(CC(=O)O)C(=O)N(CCC(C)C)C1CC1. The number of hydrogen-bond donors (Lipinski definition) is 1. The average Bonchev–Trinajstić information content (AvgIpc) is 3.18. The van der Waals surface area contributed by atoms with Crippen molar-refractivity contribution in [3.8, 4) is 0 Å². The quantitative estimate of drug-likeness (QED) is 0.699. The summed E-state index contributed by atoms with van der Waals surface area (Å²) in [6.45, 7) is 5.33. The number of aliphatic carboxylic acids is 1. The molecule has 1 rings (SSSR count).